The van der Waals surface area contributed by atoms with Gasteiger partial charge in [-0.1, -0.05) is 25.6 Å². The highest BCUT2D eigenvalue weighted by molar-refractivity contribution is 7.80. The molecule has 18 heavy (non-hydrogen) atoms. The average molecular weight is 262 g/mol. The van der Waals surface area contributed by atoms with Crippen molar-refractivity contribution in [3.8, 4) is 0 Å². The van der Waals surface area contributed by atoms with Gasteiger partial charge in [-0.25, -0.2) is 0 Å². The highest BCUT2D eigenvalue weighted by Crippen LogP contribution is 2.26. The van der Waals surface area contributed by atoms with Crippen LogP contribution in [0.2, 0.25) is 0 Å². The number of anilines is 1. The Kier molecular flexibility index (Phi) is 4.23. The molecule has 0 atom stereocenters. The van der Waals surface area contributed by atoms with E-state index in [-0.39, 0.29) is 0 Å². The van der Waals surface area contributed by atoms with Crippen molar-refractivity contribution < 1.29 is 0 Å². The predicted octanol–water partition coefficient (Wildman–Crippen LogP) is 3.26. The molecule has 0 unspecified atom stereocenters. The van der Waals surface area contributed by atoms with Gasteiger partial charge in [0.25, 0.3) is 0 Å². The van der Waals surface area contributed by atoms with E-state index in [1.54, 1.807) is 0 Å². The number of nitrogens with zero attached hydrogens (tertiary/aromatic N) is 1. The minimum absolute atomic E-state index is 0.490. The van der Waals surface area contributed by atoms with E-state index in [9.17, 15) is 0 Å². The third-order valence-corrected chi connectivity index (χ3v) is 4.25. The number of nitrogens with two attached hydrogens (primary N) is 1. The molecule has 0 aromatic heterocycles. The van der Waals surface area contributed by atoms with Crippen LogP contribution >= 0.6 is 12.2 Å². The molecule has 1 aromatic rings. The number of piperidine rings is 1. The molecular formula is C15H22N2S. The zero-order chi connectivity index (χ0) is 13.1. The lowest BCUT2D eigenvalue weighted by Gasteiger charge is -2.33. The SMILES string of the molecule is CCC1CCN(c2ccc(C(N)=S)c(C)c2)CC1. The summed E-state index contributed by atoms with van der Waals surface area (Å²) < 4.78 is 0. The van der Waals surface area contributed by atoms with Gasteiger partial charge >= 0.3 is 0 Å². The quantitative estimate of drug-likeness (QED) is 0.848. The summed E-state index contributed by atoms with van der Waals surface area (Å²) in [6.45, 7) is 6.72. The van der Waals surface area contributed by atoms with Crippen LogP contribution in [0.3, 0.4) is 0 Å². The first-order chi connectivity index (χ1) is 8.61. The van der Waals surface area contributed by atoms with Gasteiger partial charge in [-0.15, -0.1) is 0 Å². The Hall–Kier alpha value is -1.09. The van der Waals surface area contributed by atoms with Crippen LogP contribution in [0, 0.1) is 12.8 Å². The third kappa shape index (κ3) is 2.83. The molecule has 1 saturated heterocycles. The van der Waals surface area contributed by atoms with Crippen molar-refractivity contribution in [1.82, 2.24) is 0 Å². The second-order valence-electron chi connectivity index (χ2n) is 5.20. The molecule has 1 heterocycles. The van der Waals surface area contributed by atoms with E-state index in [0.717, 1.165) is 11.5 Å². The number of hydrogen-bond acceptors (Lipinski definition) is 2. The summed E-state index contributed by atoms with van der Waals surface area (Å²) >= 11 is 5.04. The van der Waals surface area contributed by atoms with Crippen molar-refractivity contribution in [1.29, 1.82) is 0 Å². The van der Waals surface area contributed by atoms with E-state index in [2.05, 4.69) is 36.9 Å². The van der Waals surface area contributed by atoms with E-state index >= 15 is 0 Å². The van der Waals surface area contributed by atoms with Gasteiger partial charge in [0.1, 0.15) is 4.99 Å². The fourth-order valence-electron chi connectivity index (χ4n) is 2.72. The van der Waals surface area contributed by atoms with Gasteiger partial charge in [0, 0.05) is 24.3 Å². The van der Waals surface area contributed by atoms with E-state index in [4.69, 9.17) is 18.0 Å². The first kappa shape index (κ1) is 13.3. The lowest BCUT2D eigenvalue weighted by molar-refractivity contribution is 0.395. The molecule has 0 bridgehead atoms. The van der Waals surface area contributed by atoms with Crippen molar-refractivity contribution in [3.63, 3.8) is 0 Å². The molecule has 0 radical (unpaired) electrons. The van der Waals surface area contributed by atoms with Crippen LogP contribution in [0.1, 0.15) is 37.3 Å². The maximum Gasteiger partial charge on any atom is 0.104 e. The molecule has 0 amide bonds. The van der Waals surface area contributed by atoms with Crippen LogP contribution in [0.15, 0.2) is 18.2 Å². The molecule has 0 spiro atoms. The van der Waals surface area contributed by atoms with Crippen LogP contribution < -0.4 is 10.6 Å². The summed E-state index contributed by atoms with van der Waals surface area (Å²) in [5.41, 5.74) is 9.18. The topological polar surface area (TPSA) is 29.3 Å². The first-order valence-corrected chi connectivity index (χ1v) is 7.18. The summed E-state index contributed by atoms with van der Waals surface area (Å²) in [6.07, 6.45) is 3.94. The molecule has 0 aliphatic carbocycles. The average Bonchev–Trinajstić information content (AvgIpc) is 2.38. The van der Waals surface area contributed by atoms with Gasteiger partial charge in [0.15, 0.2) is 0 Å². The Morgan fingerprint density at radius 3 is 2.56 bits per heavy atom. The monoisotopic (exact) mass is 262 g/mol. The molecule has 2 nitrogen and oxygen atoms in total. The van der Waals surface area contributed by atoms with Crippen LogP contribution in [0.5, 0.6) is 0 Å². The van der Waals surface area contributed by atoms with E-state index in [1.807, 2.05) is 0 Å². The van der Waals surface area contributed by atoms with Gasteiger partial charge in [-0.3, -0.25) is 0 Å². The molecule has 98 valence electrons. The second-order valence-corrected chi connectivity index (χ2v) is 5.64. The standard InChI is InChI=1S/C15H22N2S/c1-3-12-6-8-17(9-7-12)13-4-5-14(15(16)18)11(2)10-13/h4-5,10,12H,3,6-9H2,1-2H3,(H2,16,18). The Labute approximate surface area is 115 Å². The van der Waals surface area contributed by atoms with E-state index in [1.165, 1.54) is 43.6 Å². The molecule has 2 N–H and O–H groups in total. The summed E-state index contributed by atoms with van der Waals surface area (Å²) in [7, 11) is 0. The van der Waals surface area contributed by atoms with Crippen molar-refractivity contribution >= 4 is 22.9 Å². The van der Waals surface area contributed by atoms with Crippen LogP contribution in [-0.4, -0.2) is 18.1 Å². The molecule has 1 fully saturated rings. The summed E-state index contributed by atoms with van der Waals surface area (Å²) in [5.74, 6) is 0.915. The van der Waals surface area contributed by atoms with Crippen LogP contribution in [0.4, 0.5) is 5.69 Å². The summed E-state index contributed by atoms with van der Waals surface area (Å²) in [4.78, 5) is 2.96. The van der Waals surface area contributed by atoms with Gasteiger partial charge in [-0.2, -0.15) is 0 Å². The normalized spacial score (nSPS) is 16.9. The number of hydrogen-bond donors (Lipinski definition) is 1. The summed E-state index contributed by atoms with van der Waals surface area (Å²) in [6, 6.07) is 6.41. The van der Waals surface area contributed by atoms with Crippen molar-refractivity contribution in [3.05, 3.63) is 29.3 Å². The highest BCUT2D eigenvalue weighted by atomic mass is 32.1. The number of aryl methyl sites for hydroxylation is 1. The van der Waals surface area contributed by atoms with E-state index < -0.39 is 0 Å². The molecule has 1 aromatic carbocycles. The zero-order valence-corrected chi connectivity index (χ0v) is 12.1. The predicted molar refractivity (Wildman–Crippen MR) is 82.3 cm³/mol. The van der Waals surface area contributed by atoms with Crippen LogP contribution in [0.25, 0.3) is 0 Å². The Morgan fingerprint density at radius 1 is 1.39 bits per heavy atom. The molecular weight excluding hydrogens is 240 g/mol. The second kappa shape index (κ2) is 5.70. The Balaban J connectivity index is 2.11. The van der Waals surface area contributed by atoms with E-state index in [0.29, 0.717) is 4.99 Å². The minimum Gasteiger partial charge on any atom is -0.389 e. The molecule has 2 rings (SSSR count). The lowest BCUT2D eigenvalue weighted by Crippen LogP contribution is -2.33. The molecule has 1 aliphatic rings. The van der Waals surface area contributed by atoms with Gasteiger partial charge in [0.05, 0.1) is 0 Å². The lowest BCUT2D eigenvalue weighted by atomic mass is 9.94. The number of benzene rings is 1. The minimum atomic E-state index is 0.490. The first-order valence-electron chi connectivity index (χ1n) is 6.77. The van der Waals surface area contributed by atoms with Crippen molar-refractivity contribution in [2.75, 3.05) is 18.0 Å². The third-order valence-electron chi connectivity index (χ3n) is 4.03. The largest absolute Gasteiger partial charge is 0.389 e. The van der Waals surface area contributed by atoms with Crippen molar-refractivity contribution in [2.45, 2.75) is 33.1 Å². The maximum absolute atomic E-state index is 5.70. The number of thiocarbonyl (C=S) groups is 1. The molecule has 0 saturated carbocycles. The highest BCUT2D eigenvalue weighted by Gasteiger charge is 2.18. The molecule has 3 heteroatoms. The smallest absolute Gasteiger partial charge is 0.104 e. The Bertz CT molecular complexity index is 434. The molecule has 1 aliphatic heterocycles. The van der Waals surface area contributed by atoms with Gasteiger partial charge in [0.2, 0.25) is 0 Å². The fraction of sp³-hybridized carbons (Fsp3) is 0.533. The van der Waals surface area contributed by atoms with Crippen LogP contribution in [-0.2, 0) is 0 Å². The maximum atomic E-state index is 5.70. The number of rotatable bonds is 3. The Morgan fingerprint density at radius 2 is 2.06 bits per heavy atom. The summed E-state index contributed by atoms with van der Waals surface area (Å²) in [5, 5.41) is 0. The van der Waals surface area contributed by atoms with Gasteiger partial charge in [-0.05, 0) is 49.4 Å². The zero-order valence-electron chi connectivity index (χ0n) is 11.3. The fourth-order valence-corrected chi connectivity index (χ4v) is 2.95. The van der Waals surface area contributed by atoms with Crippen molar-refractivity contribution in [2.24, 2.45) is 11.7 Å². The van der Waals surface area contributed by atoms with Gasteiger partial charge < -0.3 is 10.6 Å².